The Labute approximate surface area is 99.4 Å². The maximum absolute atomic E-state index is 6.12. The maximum Gasteiger partial charge on any atom is 0.129 e. The predicted molar refractivity (Wildman–Crippen MR) is 67.6 cm³/mol. The summed E-state index contributed by atoms with van der Waals surface area (Å²) in [5.41, 5.74) is 1.83. The molecule has 2 rings (SSSR count). The number of nitrogens with one attached hydrogen (secondary N) is 1. The first-order chi connectivity index (χ1) is 7.67. The van der Waals surface area contributed by atoms with Crippen LogP contribution < -0.4 is 10.1 Å². The Morgan fingerprint density at radius 3 is 2.75 bits per heavy atom. The number of ether oxygens (including phenoxy) is 1. The van der Waals surface area contributed by atoms with Crippen LogP contribution in [-0.2, 0) is 0 Å². The molecule has 0 aliphatic carbocycles. The van der Waals surface area contributed by atoms with Gasteiger partial charge in [0.05, 0.1) is 17.6 Å². The van der Waals surface area contributed by atoms with Crippen molar-refractivity contribution in [3.8, 4) is 5.75 Å². The minimum atomic E-state index is 0.632. The fourth-order valence-electron chi connectivity index (χ4n) is 1.73. The van der Waals surface area contributed by atoms with E-state index in [9.17, 15) is 0 Å². The number of pyridine rings is 1. The van der Waals surface area contributed by atoms with E-state index >= 15 is 0 Å². The highest BCUT2D eigenvalue weighted by atomic mass is 35.5. The van der Waals surface area contributed by atoms with Crippen molar-refractivity contribution in [3.05, 3.63) is 28.8 Å². The van der Waals surface area contributed by atoms with E-state index in [4.69, 9.17) is 16.3 Å². The third-order valence-electron chi connectivity index (χ3n) is 2.54. The fraction of sp³-hybridized carbons (Fsp3) is 0.250. The van der Waals surface area contributed by atoms with Gasteiger partial charge in [0.15, 0.2) is 0 Å². The Hall–Kier alpha value is -1.48. The minimum absolute atomic E-state index is 0.632. The van der Waals surface area contributed by atoms with Gasteiger partial charge in [-0.25, -0.2) is 4.98 Å². The van der Waals surface area contributed by atoms with Crippen molar-refractivity contribution in [2.24, 2.45) is 0 Å². The quantitative estimate of drug-likeness (QED) is 0.869. The molecule has 1 aromatic carbocycles. The highest BCUT2D eigenvalue weighted by Gasteiger charge is 2.09. The van der Waals surface area contributed by atoms with Crippen LogP contribution >= 0.6 is 11.6 Å². The number of methoxy groups -OCH3 is 1. The largest absolute Gasteiger partial charge is 0.496 e. The van der Waals surface area contributed by atoms with Crippen molar-refractivity contribution in [1.82, 2.24) is 4.98 Å². The molecule has 0 bridgehead atoms. The van der Waals surface area contributed by atoms with Crippen LogP contribution in [0.3, 0.4) is 0 Å². The first-order valence-electron chi connectivity index (χ1n) is 4.99. The van der Waals surface area contributed by atoms with Crippen molar-refractivity contribution in [2.45, 2.75) is 6.92 Å². The molecule has 1 aromatic heterocycles. The van der Waals surface area contributed by atoms with E-state index in [1.54, 1.807) is 13.2 Å². The van der Waals surface area contributed by atoms with Crippen LogP contribution in [0.15, 0.2) is 18.2 Å². The van der Waals surface area contributed by atoms with E-state index in [2.05, 4.69) is 10.3 Å². The molecule has 0 radical (unpaired) electrons. The van der Waals surface area contributed by atoms with Gasteiger partial charge in [-0.15, -0.1) is 0 Å². The number of aromatic nitrogens is 1. The molecule has 0 saturated carbocycles. The molecule has 2 aromatic rings. The third kappa shape index (κ3) is 1.67. The Balaban J connectivity index is 2.82. The number of hydrogen-bond acceptors (Lipinski definition) is 3. The number of rotatable bonds is 2. The summed E-state index contributed by atoms with van der Waals surface area (Å²) in [4.78, 5) is 4.48. The third-order valence-corrected chi connectivity index (χ3v) is 2.85. The molecular formula is C12H13ClN2O. The molecular weight excluding hydrogens is 224 g/mol. The summed E-state index contributed by atoms with van der Waals surface area (Å²) in [5, 5.41) is 4.61. The van der Waals surface area contributed by atoms with Crippen molar-refractivity contribution in [1.29, 1.82) is 0 Å². The molecule has 0 amide bonds. The average molecular weight is 237 g/mol. The van der Waals surface area contributed by atoms with E-state index in [-0.39, 0.29) is 0 Å². The summed E-state index contributed by atoms with van der Waals surface area (Å²) in [6, 6.07) is 5.67. The van der Waals surface area contributed by atoms with E-state index in [1.165, 1.54) is 0 Å². The molecule has 3 nitrogen and oxygen atoms in total. The monoisotopic (exact) mass is 236 g/mol. The second-order valence-corrected chi connectivity index (χ2v) is 3.96. The summed E-state index contributed by atoms with van der Waals surface area (Å²) in [7, 11) is 3.49. The second kappa shape index (κ2) is 4.18. The minimum Gasteiger partial charge on any atom is -0.496 e. The fourth-order valence-corrected chi connectivity index (χ4v) is 1.94. The van der Waals surface area contributed by atoms with Crippen LogP contribution in [0.25, 0.3) is 10.9 Å². The van der Waals surface area contributed by atoms with Gasteiger partial charge in [0.2, 0.25) is 0 Å². The summed E-state index contributed by atoms with van der Waals surface area (Å²) in [5.74, 6) is 1.63. The molecule has 0 aliphatic rings. The van der Waals surface area contributed by atoms with Crippen LogP contribution in [0, 0.1) is 6.92 Å². The number of anilines is 1. The van der Waals surface area contributed by atoms with Crippen molar-refractivity contribution in [2.75, 3.05) is 19.5 Å². The Kier molecular flexibility index (Phi) is 2.88. The lowest BCUT2D eigenvalue weighted by Crippen LogP contribution is -1.97. The van der Waals surface area contributed by atoms with Gasteiger partial charge in [-0.05, 0) is 30.7 Å². The van der Waals surface area contributed by atoms with Gasteiger partial charge in [-0.2, -0.15) is 0 Å². The maximum atomic E-state index is 6.12. The van der Waals surface area contributed by atoms with E-state index < -0.39 is 0 Å². The zero-order valence-electron chi connectivity index (χ0n) is 9.47. The molecule has 84 valence electrons. The van der Waals surface area contributed by atoms with Crippen molar-refractivity contribution >= 4 is 28.3 Å². The molecule has 0 aliphatic heterocycles. The van der Waals surface area contributed by atoms with Crippen LogP contribution in [0.2, 0.25) is 5.02 Å². The molecule has 1 N–H and O–H groups in total. The van der Waals surface area contributed by atoms with Gasteiger partial charge >= 0.3 is 0 Å². The van der Waals surface area contributed by atoms with Crippen LogP contribution in [0.4, 0.5) is 5.82 Å². The standard InChI is InChI=1S/C12H13ClN2O/c1-7-6-8-10(16-3)5-4-9(13)11(8)15-12(7)14-2/h4-6H,1-3H3,(H,14,15). The van der Waals surface area contributed by atoms with Gasteiger partial charge in [0, 0.05) is 12.4 Å². The van der Waals surface area contributed by atoms with Crippen LogP contribution in [0.1, 0.15) is 5.56 Å². The zero-order valence-corrected chi connectivity index (χ0v) is 10.2. The van der Waals surface area contributed by atoms with Gasteiger partial charge in [-0.3, -0.25) is 0 Å². The summed E-state index contributed by atoms with van der Waals surface area (Å²) in [6.07, 6.45) is 0. The normalized spacial score (nSPS) is 10.5. The van der Waals surface area contributed by atoms with Crippen molar-refractivity contribution in [3.63, 3.8) is 0 Å². The SMILES string of the molecule is CNc1nc2c(Cl)ccc(OC)c2cc1C. The smallest absolute Gasteiger partial charge is 0.129 e. The number of hydrogen-bond donors (Lipinski definition) is 1. The van der Waals surface area contributed by atoms with Crippen LogP contribution in [-0.4, -0.2) is 19.1 Å². The lowest BCUT2D eigenvalue weighted by molar-refractivity contribution is 0.419. The van der Waals surface area contributed by atoms with Gasteiger partial charge in [0.1, 0.15) is 11.6 Å². The lowest BCUT2D eigenvalue weighted by atomic mass is 10.1. The molecule has 1 heterocycles. The number of aryl methyl sites for hydroxylation is 1. The molecule has 0 atom stereocenters. The Morgan fingerprint density at radius 1 is 1.38 bits per heavy atom. The Morgan fingerprint density at radius 2 is 2.12 bits per heavy atom. The van der Waals surface area contributed by atoms with Crippen LogP contribution in [0.5, 0.6) is 5.75 Å². The van der Waals surface area contributed by atoms with Gasteiger partial charge < -0.3 is 10.1 Å². The molecule has 0 fully saturated rings. The first kappa shape index (κ1) is 11.0. The van der Waals surface area contributed by atoms with Gasteiger partial charge in [0.25, 0.3) is 0 Å². The van der Waals surface area contributed by atoms with E-state index in [0.717, 1.165) is 28.0 Å². The number of halogens is 1. The molecule has 16 heavy (non-hydrogen) atoms. The van der Waals surface area contributed by atoms with E-state index in [1.807, 2.05) is 26.1 Å². The summed E-state index contributed by atoms with van der Waals surface area (Å²) in [6.45, 7) is 2.00. The first-order valence-corrected chi connectivity index (χ1v) is 5.36. The summed E-state index contributed by atoms with van der Waals surface area (Å²) >= 11 is 6.12. The van der Waals surface area contributed by atoms with Gasteiger partial charge in [-0.1, -0.05) is 11.6 Å². The zero-order chi connectivity index (χ0) is 11.7. The average Bonchev–Trinajstić information content (AvgIpc) is 2.29. The topological polar surface area (TPSA) is 34.2 Å². The molecule has 4 heteroatoms. The number of fused-ring (bicyclic) bond motifs is 1. The lowest BCUT2D eigenvalue weighted by Gasteiger charge is -2.10. The van der Waals surface area contributed by atoms with E-state index in [0.29, 0.717) is 5.02 Å². The molecule has 0 spiro atoms. The highest BCUT2D eigenvalue weighted by Crippen LogP contribution is 2.32. The Bertz CT molecular complexity index is 540. The molecule has 0 unspecified atom stereocenters. The predicted octanol–water partition coefficient (Wildman–Crippen LogP) is 3.25. The summed E-state index contributed by atoms with van der Waals surface area (Å²) < 4.78 is 5.29. The number of nitrogens with zero attached hydrogens (tertiary/aromatic N) is 1. The second-order valence-electron chi connectivity index (χ2n) is 3.55. The number of benzene rings is 1. The molecule has 0 saturated heterocycles. The van der Waals surface area contributed by atoms with Crippen molar-refractivity contribution < 1.29 is 4.74 Å². The highest BCUT2D eigenvalue weighted by molar-refractivity contribution is 6.35.